The zero-order valence-corrected chi connectivity index (χ0v) is 19.6. The Bertz CT molecular complexity index is 1060. The van der Waals surface area contributed by atoms with Crippen LogP contribution in [0.2, 0.25) is 0 Å². The van der Waals surface area contributed by atoms with Crippen molar-refractivity contribution in [2.24, 2.45) is 0 Å². The molecule has 180 valence electrons. The number of aliphatic carboxylic acids is 1. The second-order valence-corrected chi connectivity index (χ2v) is 9.22. The maximum absolute atomic E-state index is 12.9. The van der Waals surface area contributed by atoms with Crippen LogP contribution in [-0.4, -0.2) is 65.9 Å². The number of likely N-dealkylation sites (tertiary alicyclic amines) is 1. The zero-order valence-electron chi connectivity index (χ0n) is 19.6. The molecular formula is C26H30N2O6. The first-order valence-electron chi connectivity index (χ1n) is 11.4. The lowest BCUT2D eigenvalue weighted by atomic mass is 9.98. The Morgan fingerprint density at radius 2 is 1.71 bits per heavy atom. The van der Waals surface area contributed by atoms with E-state index in [0.29, 0.717) is 0 Å². The van der Waals surface area contributed by atoms with Gasteiger partial charge in [-0.2, -0.15) is 0 Å². The van der Waals surface area contributed by atoms with E-state index in [-0.39, 0.29) is 43.9 Å². The number of benzene rings is 2. The lowest BCUT2D eigenvalue weighted by Gasteiger charge is -2.31. The van der Waals surface area contributed by atoms with Gasteiger partial charge in [0, 0.05) is 38.5 Å². The number of alkyl carbamates (subject to hydrolysis) is 1. The number of nitrogens with one attached hydrogen (secondary N) is 1. The predicted octanol–water partition coefficient (Wildman–Crippen LogP) is 3.39. The van der Waals surface area contributed by atoms with E-state index in [1.54, 1.807) is 6.92 Å². The van der Waals surface area contributed by atoms with E-state index in [2.05, 4.69) is 17.4 Å². The van der Waals surface area contributed by atoms with Crippen molar-refractivity contribution in [1.82, 2.24) is 10.2 Å². The Kier molecular flexibility index (Phi) is 6.61. The summed E-state index contributed by atoms with van der Waals surface area (Å²) in [5.74, 6) is -1.48. The summed E-state index contributed by atoms with van der Waals surface area (Å²) in [5, 5.41) is 12.4. The standard InChI is InChI=1S/C26H30N2O6/c1-16(12-23(29)28-14-17(33-3)13-26(28,2)24(30)31)27-25(32)34-15-22-20-10-6-4-8-18(20)19-9-5-7-11-21(19)22/h4-11,16-17,22H,12-15H2,1-3H3,(H,27,32)(H,30,31). The summed E-state index contributed by atoms with van der Waals surface area (Å²) in [4.78, 5) is 38.5. The maximum Gasteiger partial charge on any atom is 0.407 e. The first-order valence-corrected chi connectivity index (χ1v) is 11.4. The van der Waals surface area contributed by atoms with Crippen molar-refractivity contribution >= 4 is 18.0 Å². The molecular weight excluding hydrogens is 436 g/mol. The summed E-state index contributed by atoms with van der Waals surface area (Å²) in [5.41, 5.74) is 3.20. The topological polar surface area (TPSA) is 105 Å². The van der Waals surface area contributed by atoms with E-state index < -0.39 is 23.6 Å². The summed E-state index contributed by atoms with van der Waals surface area (Å²) in [7, 11) is 1.50. The molecule has 1 aliphatic carbocycles. The first-order chi connectivity index (χ1) is 16.2. The number of carbonyl (C=O) groups is 3. The molecule has 8 nitrogen and oxygen atoms in total. The molecule has 2 amide bonds. The van der Waals surface area contributed by atoms with Crippen LogP contribution in [0.3, 0.4) is 0 Å². The van der Waals surface area contributed by atoms with Crippen LogP contribution in [0.15, 0.2) is 48.5 Å². The molecule has 1 heterocycles. The van der Waals surface area contributed by atoms with E-state index in [1.165, 1.54) is 18.9 Å². The molecule has 34 heavy (non-hydrogen) atoms. The molecule has 2 N–H and O–H groups in total. The van der Waals surface area contributed by atoms with Crippen LogP contribution in [0.25, 0.3) is 11.1 Å². The van der Waals surface area contributed by atoms with E-state index in [1.807, 2.05) is 36.4 Å². The molecule has 0 spiro atoms. The number of rotatable bonds is 7. The highest BCUT2D eigenvalue weighted by Crippen LogP contribution is 2.44. The molecule has 0 saturated carbocycles. The number of carbonyl (C=O) groups excluding carboxylic acids is 2. The SMILES string of the molecule is COC1CN(C(=O)CC(C)NC(=O)OCC2c3ccccc3-c3ccccc32)C(C)(C(=O)O)C1. The third-order valence-corrected chi connectivity index (χ3v) is 6.89. The summed E-state index contributed by atoms with van der Waals surface area (Å²) in [6.45, 7) is 3.60. The van der Waals surface area contributed by atoms with E-state index in [9.17, 15) is 19.5 Å². The number of fused-ring (bicyclic) bond motifs is 3. The largest absolute Gasteiger partial charge is 0.480 e. The van der Waals surface area contributed by atoms with E-state index in [0.717, 1.165) is 22.3 Å². The second-order valence-electron chi connectivity index (χ2n) is 9.22. The number of ether oxygens (including phenoxy) is 2. The van der Waals surface area contributed by atoms with Crippen molar-refractivity contribution in [3.63, 3.8) is 0 Å². The van der Waals surface area contributed by atoms with Crippen molar-refractivity contribution in [3.8, 4) is 11.1 Å². The van der Waals surface area contributed by atoms with Crippen LogP contribution >= 0.6 is 0 Å². The molecule has 1 aliphatic heterocycles. The average molecular weight is 467 g/mol. The molecule has 2 aromatic carbocycles. The van der Waals surface area contributed by atoms with Gasteiger partial charge in [0.15, 0.2) is 0 Å². The molecule has 8 heteroatoms. The smallest absolute Gasteiger partial charge is 0.407 e. The van der Waals surface area contributed by atoms with Gasteiger partial charge in [-0.05, 0) is 36.1 Å². The average Bonchev–Trinajstić information content (AvgIpc) is 3.33. The van der Waals surface area contributed by atoms with Crippen molar-refractivity contribution in [2.45, 2.75) is 50.3 Å². The fourth-order valence-corrected chi connectivity index (χ4v) is 5.03. The number of carboxylic acid groups (broad SMARTS) is 1. The fourth-order valence-electron chi connectivity index (χ4n) is 5.03. The third-order valence-electron chi connectivity index (χ3n) is 6.89. The number of nitrogens with zero attached hydrogens (tertiary/aromatic N) is 1. The molecule has 2 aromatic rings. The van der Waals surface area contributed by atoms with Crippen LogP contribution in [0.5, 0.6) is 0 Å². The van der Waals surface area contributed by atoms with Crippen molar-refractivity contribution in [2.75, 3.05) is 20.3 Å². The van der Waals surface area contributed by atoms with Gasteiger partial charge in [0.2, 0.25) is 5.91 Å². The van der Waals surface area contributed by atoms with Gasteiger partial charge in [0.1, 0.15) is 12.1 Å². The normalized spacial score (nSPS) is 22.1. The van der Waals surface area contributed by atoms with Gasteiger partial charge in [-0.3, -0.25) is 4.79 Å². The van der Waals surface area contributed by atoms with E-state index in [4.69, 9.17) is 9.47 Å². The molecule has 1 saturated heterocycles. The molecule has 0 bridgehead atoms. The van der Waals surface area contributed by atoms with Crippen molar-refractivity contribution in [3.05, 3.63) is 59.7 Å². The Balaban J connectivity index is 1.34. The molecule has 1 fully saturated rings. The van der Waals surface area contributed by atoms with Crippen molar-refractivity contribution in [1.29, 1.82) is 0 Å². The number of carboxylic acids is 1. The van der Waals surface area contributed by atoms with Gasteiger partial charge < -0.3 is 24.8 Å². The lowest BCUT2D eigenvalue weighted by molar-refractivity contribution is -0.155. The highest BCUT2D eigenvalue weighted by Gasteiger charge is 2.50. The zero-order chi connectivity index (χ0) is 24.5. The molecule has 0 aromatic heterocycles. The molecule has 2 aliphatic rings. The van der Waals surface area contributed by atoms with Gasteiger partial charge in [0.25, 0.3) is 0 Å². The van der Waals surface area contributed by atoms with Gasteiger partial charge in [-0.25, -0.2) is 9.59 Å². The van der Waals surface area contributed by atoms with Gasteiger partial charge in [-0.15, -0.1) is 0 Å². The highest BCUT2D eigenvalue weighted by molar-refractivity contribution is 5.88. The quantitative estimate of drug-likeness (QED) is 0.648. The Labute approximate surface area is 198 Å². The van der Waals surface area contributed by atoms with E-state index >= 15 is 0 Å². The highest BCUT2D eigenvalue weighted by atomic mass is 16.5. The second kappa shape index (κ2) is 9.46. The Hall–Kier alpha value is -3.39. The number of hydrogen-bond acceptors (Lipinski definition) is 5. The Morgan fingerprint density at radius 3 is 2.26 bits per heavy atom. The Morgan fingerprint density at radius 1 is 1.12 bits per heavy atom. The summed E-state index contributed by atoms with van der Waals surface area (Å²) in [6, 6.07) is 15.6. The van der Waals surface area contributed by atoms with Gasteiger partial charge in [0.05, 0.1) is 6.10 Å². The number of hydrogen-bond donors (Lipinski definition) is 2. The van der Waals surface area contributed by atoms with Crippen LogP contribution in [0.1, 0.15) is 43.7 Å². The van der Waals surface area contributed by atoms with Crippen LogP contribution < -0.4 is 5.32 Å². The first kappa shape index (κ1) is 23.8. The third kappa shape index (κ3) is 4.37. The van der Waals surface area contributed by atoms with Gasteiger partial charge in [-0.1, -0.05) is 48.5 Å². The van der Waals surface area contributed by atoms with Crippen molar-refractivity contribution < 1.29 is 29.0 Å². The van der Waals surface area contributed by atoms with Crippen LogP contribution in [-0.2, 0) is 19.1 Å². The minimum Gasteiger partial charge on any atom is -0.480 e. The maximum atomic E-state index is 12.9. The summed E-state index contributed by atoms with van der Waals surface area (Å²) >= 11 is 0. The molecule has 3 unspecified atom stereocenters. The molecule has 4 rings (SSSR count). The predicted molar refractivity (Wildman–Crippen MR) is 125 cm³/mol. The fraction of sp³-hybridized carbons (Fsp3) is 0.423. The lowest BCUT2D eigenvalue weighted by Crippen LogP contribution is -2.52. The molecule has 3 atom stereocenters. The number of methoxy groups -OCH3 is 1. The van der Waals surface area contributed by atoms with Gasteiger partial charge >= 0.3 is 12.1 Å². The molecule has 0 radical (unpaired) electrons. The minimum atomic E-state index is -1.33. The van der Waals surface area contributed by atoms with Crippen LogP contribution in [0, 0.1) is 0 Å². The monoisotopic (exact) mass is 466 g/mol. The van der Waals surface area contributed by atoms with Crippen LogP contribution in [0.4, 0.5) is 4.79 Å². The summed E-state index contributed by atoms with van der Waals surface area (Å²) < 4.78 is 10.8. The number of amides is 2. The summed E-state index contributed by atoms with van der Waals surface area (Å²) in [6.07, 6.45) is -0.766. The minimum absolute atomic E-state index is 0.0382.